The van der Waals surface area contributed by atoms with Gasteiger partial charge in [-0.05, 0) is 43.2 Å². The summed E-state index contributed by atoms with van der Waals surface area (Å²) in [4.78, 5) is 11.9. The summed E-state index contributed by atoms with van der Waals surface area (Å²) in [5.41, 5.74) is -0.430. The van der Waals surface area contributed by atoms with Gasteiger partial charge in [-0.2, -0.15) is 0 Å². The Hall–Kier alpha value is -2.04. The third kappa shape index (κ3) is 5.87. The second kappa shape index (κ2) is 8.71. The average Bonchev–Trinajstić information content (AvgIpc) is 2.58. The maximum Gasteiger partial charge on any atom is 0.220 e. The molecular formula is C19H22ClNO3. The maximum absolute atomic E-state index is 11.9. The van der Waals surface area contributed by atoms with Gasteiger partial charge in [0.2, 0.25) is 5.91 Å². The first-order valence-electron chi connectivity index (χ1n) is 7.90. The zero-order valence-electron chi connectivity index (χ0n) is 13.7. The van der Waals surface area contributed by atoms with Crippen LogP contribution >= 0.6 is 11.6 Å². The van der Waals surface area contributed by atoms with Gasteiger partial charge in [-0.15, -0.1) is 0 Å². The van der Waals surface area contributed by atoms with E-state index in [4.69, 9.17) is 16.3 Å². The van der Waals surface area contributed by atoms with Crippen LogP contribution in [0.1, 0.15) is 25.3 Å². The molecule has 5 heteroatoms. The standard InChI is InChI=1S/C19H22ClNO3/c1-19(23,15-9-11-16(20)12-10-15)14-21-18(22)8-5-13-24-17-6-3-2-4-7-17/h2-4,6-7,9-12,23H,5,8,13-14H2,1H3,(H,21,22). The number of benzene rings is 2. The zero-order chi connectivity index (χ0) is 17.4. The fraction of sp³-hybridized carbons (Fsp3) is 0.316. The molecule has 0 fully saturated rings. The summed E-state index contributed by atoms with van der Waals surface area (Å²) in [6.45, 7) is 2.28. The fourth-order valence-corrected chi connectivity index (χ4v) is 2.34. The van der Waals surface area contributed by atoms with Crippen molar-refractivity contribution in [1.29, 1.82) is 0 Å². The number of hydrogen-bond donors (Lipinski definition) is 2. The summed E-state index contributed by atoms with van der Waals surface area (Å²) in [5, 5.41) is 13.8. The lowest BCUT2D eigenvalue weighted by Gasteiger charge is -2.24. The topological polar surface area (TPSA) is 58.6 Å². The Bertz CT molecular complexity index is 641. The summed E-state index contributed by atoms with van der Waals surface area (Å²) in [6.07, 6.45) is 0.966. The van der Waals surface area contributed by atoms with E-state index in [-0.39, 0.29) is 12.5 Å². The Morgan fingerprint density at radius 2 is 1.83 bits per heavy atom. The van der Waals surface area contributed by atoms with E-state index in [9.17, 15) is 9.90 Å². The minimum atomic E-state index is -1.14. The Kier molecular flexibility index (Phi) is 6.64. The third-order valence-electron chi connectivity index (χ3n) is 3.66. The van der Waals surface area contributed by atoms with Crippen LogP contribution in [0.25, 0.3) is 0 Å². The maximum atomic E-state index is 11.9. The van der Waals surface area contributed by atoms with Crippen molar-refractivity contribution in [2.45, 2.75) is 25.4 Å². The molecular weight excluding hydrogens is 326 g/mol. The van der Waals surface area contributed by atoms with Crippen LogP contribution in [0, 0.1) is 0 Å². The summed E-state index contributed by atoms with van der Waals surface area (Å²) in [6, 6.07) is 16.4. The molecule has 2 rings (SSSR count). The molecule has 0 spiro atoms. The molecule has 2 aromatic rings. The van der Waals surface area contributed by atoms with Crippen molar-refractivity contribution in [3.05, 3.63) is 65.2 Å². The first kappa shape index (κ1) is 18.3. The lowest BCUT2D eigenvalue weighted by atomic mass is 9.96. The van der Waals surface area contributed by atoms with Crippen LogP contribution in [0.3, 0.4) is 0 Å². The molecule has 0 bridgehead atoms. The second-order valence-corrected chi connectivity index (χ2v) is 6.26. The number of hydrogen-bond acceptors (Lipinski definition) is 3. The molecule has 1 atom stereocenters. The van der Waals surface area contributed by atoms with Crippen molar-refractivity contribution in [2.24, 2.45) is 0 Å². The molecule has 2 N–H and O–H groups in total. The van der Waals surface area contributed by atoms with Gasteiger partial charge < -0.3 is 15.2 Å². The number of ether oxygens (including phenoxy) is 1. The van der Waals surface area contributed by atoms with Crippen molar-refractivity contribution in [3.63, 3.8) is 0 Å². The van der Waals surface area contributed by atoms with Crippen LogP contribution in [0.15, 0.2) is 54.6 Å². The minimum Gasteiger partial charge on any atom is -0.494 e. The monoisotopic (exact) mass is 347 g/mol. The molecule has 128 valence electrons. The minimum absolute atomic E-state index is 0.110. The summed E-state index contributed by atoms with van der Waals surface area (Å²) < 4.78 is 5.54. The number of carbonyl (C=O) groups excluding carboxylic acids is 1. The van der Waals surface area contributed by atoms with Gasteiger partial charge in [0.15, 0.2) is 0 Å². The van der Waals surface area contributed by atoms with Crippen molar-refractivity contribution in [3.8, 4) is 5.75 Å². The van der Waals surface area contributed by atoms with Crippen LogP contribution < -0.4 is 10.1 Å². The molecule has 0 saturated carbocycles. The molecule has 24 heavy (non-hydrogen) atoms. The van der Waals surface area contributed by atoms with Gasteiger partial charge in [0.1, 0.15) is 11.4 Å². The van der Waals surface area contributed by atoms with Gasteiger partial charge >= 0.3 is 0 Å². The predicted molar refractivity (Wildman–Crippen MR) is 95.2 cm³/mol. The van der Waals surface area contributed by atoms with Crippen molar-refractivity contribution in [1.82, 2.24) is 5.32 Å². The molecule has 4 nitrogen and oxygen atoms in total. The third-order valence-corrected chi connectivity index (χ3v) is 3.91. The van der Waals surface area contributed by atoms with Gasteiger partial charge in [-0.1, -0.05) is 41.9 Å². The quantitative estimate of drug-likeness (QED) is 0.718. The van der Waals surface area contributed by atoms with Gasteiger partial charge in [-0.25, -0.2) is 0 Å². The molecule has 0 aliphatic rings. The molecule has 0 heterocycles. The summed E-state index contributed by atoms with van der Waals surface area (Å²) in [7, 11) is 0. The number of para-hydroxylation sites is 1. The van der Waals surface area contributed by atoms with Crippen LogP contribution in [0.2, 0.25) is 5.02 Å². The smallest absolute Gasteiger partial charge is 0.220 e. The number of halogens is 1. The fourth-order valence-electron chi connectivity index (χ4n) is 2.21. The van der Waals surface area contributed by atoms with E-state index in [1.54, 1.807) is 31.2 Å². The first-order chi connectivity index (χ1) is 11.5. The molecule has 0 radical (unpaired) electrons. The SMILES string of the molecule is CC(O)(CNC(=O)CCCOc1ccccc1)c1ccc(Cl)cc1. The number of amides is 1. The lowest BCUT2D eigenvalue weighted by molar-refractivity contribution is -0.122. The van der Waals surface area contributed by atoms with Crippen LogP contribution in [-0.2, 0) is 10.4 Å². The van der Waals surface area contributed by atoms with Crippen LogP contribution in [0.4, 0.5) is 0 Å². The number of aliphatic hydroxyl groups is 1. The van der Waals surface area contributed by atoms with E-state index in [0.717, 1.165) is 5.75 Å². The van der Waals surface area contributed by atoms with E-state index in [0.29, 0.717) is 30.0 Å². The molecule has 2 aromatic carbocycles. The van der Waals surface area contributed by atoms with Gasteiger partial charge in [-0.3, -0.25) is 4.79 Å². The highest BCUT2D eigenvalue weighted by atomic mass is 35.5. The number of rotatable bonds is 8. The summed E-state index contributed by atoms with van der Waals surface area (Å²) in [5.74, 6) is 0.685. The van der Waals surface area contributed by atoms with E-state index < -0.39 is 5.60 Å². The van der Waals surface area contributed by atoms with Crippen molar-refractivity contribution < 1.29 is 14.6 Å². The van der Waals surface area contributed by atoms with Gasteiger partial charge in [0.25, 0.3) is 0 Å². The molecule has 1 unspecified atom stereocenters. The molecule has 1 amide bonds. The lowest BCUT2D eigenvalue weighted by Crippen LogP contribution is -2.38. The number of carbonyl (C=O) groups is 1. The van der Waals surface area contributed by atoms with E-state index in [2.05, 4.69) is 5.32 Å². The second-order valence-electron chi connectivity index (χ2n) is 5.82. The summed E-state index contributed by atoms with van der Waals surface area (Å²) >= 11 is 5.84. The highest BCUT2D eigenvalue weighted by Gasteiger charge is 2.23. The molecule has 0 aliphatic carbocycles. The van der Waals surface area contributed by atoms with E-state index in [1.807, 2.05) is 30.3 Å². The average molecular weight is 348 g/mol. The normalized spacial score (nSPS) is 13.1. The Labute approximate surface area is 147 Å². The van der Waals surface area contributed by atoms with Crippen LogP contribution in [-0.4, -0.2) is 24.2 Å². The predicted octanol–water partition coefficient (Wildman–Crippen LogP) is 3.52. The molecule has 0 aromatic heterocycles. The van der Waals surface area contributed by atoms with Gasteiger partial charge in [0, 0.05) is 11.4 Å². The highest BCUT2D eigenvalue weighted by Crippen LogP contribution is 2.21. The highest BCUT2D eigenvalue weighted by molar-refractivity contribution is 6.30. The van der Waals surface area contributed by atoms with Crippen molar-refractivity contribution >= 4 is 17.5 Å². The molecule has 0 aliphatic heterocycles. The Morgan fingerprint density at radius 1 is 1.17 bits per heavy atom. The molecule has 0 saturated heterocycles. The van der Waals surface area contributed by atoms with Crippen molar-refractivity contribution in [2.75, 3.05) is 13.2 Å². The van der Waals surface area contributed by atoms with E-state index in [1.165, 1.54) is 0 Å². The Balaban J connectivity index is 1.69. The largest absolute Gasteiger partial charge is 0.494 e. The first-order valence-corrected chi connectivity index (χ1v) is 8.28. The van der Waals surface area contributed by atoms with E-state index >= 15 is 0 Å². The zero-order valence-corrected chi connectivity index (χ0v) is 14.4. The van der Waals surface area contributed by atoms with Gasteiger partial charge in [0.05, 0.1) is 13.2 Å². The number of nitrogens with one attached hydrogen (secondary N) is 1. The van der Waals surface area contributed by atoms with Crippen LogP contribution in [0.5, 0.6) is 5.75 Å². The Morgan fingerprint density at radius 3 is 2.50 bits per heavy atom.